The molecule has 1 atom stereocenters. The fourth-order valence-corrected chi connectivity index (χ4v) is 4.81. The van der Waals surface area contributed by atoms with E-state index in [4.69, 9.17) is 16.3 Å². The molecule has 0 amide bonds. The van der Waals surface area contributed by atoms with Gasteiger partial charge in [0.15, 0.2) is 0 Å². The van der Waals surface area contributed by atoms with Gasteiger partial charge in [-0.1, -0.05) is 29.8 Å². The fourth-order valence-electron chi connectivity index (χ4n) is 3.16. The quantitative estimate of drug-likeness (QED) is 0.249. The topological polar surface area (TPSA) is 111 Å². The third-order valence-corrected chi connectivity index (χ3v) is 7.18. The lowest BCUT2D eigenvalue weighted by Crippen LogP contribution is -2.28. The zero-order valence-electron chi connectivity index (χ0n) is 17.4. The minimum absolute atomic E-state index is 0.0219. The molecule has 8 nitrogen and oxygen atoms in total. The van der Waals surface area contributed by atoms with Crippen molar-refractivity contribution in [3.8, 4) is 16.5 Å². The molecule has 14 heteroatoms. The van der Waals surface area contributed by atoms with E-state index in [1.54, 1.807) is 31.2 Å². The number of rotatable bonds is 7. The van der Waals surface area contributed by atoms with E-state index < -0.39 is 33.4 Å². The summed E-state index contributed by atoms with van der Waals surface area (Å²) in [6.07, 6.45) is 0.662. The molecule has 2 aromatic heterocycles. The maximum absolute atomic E-state index is 12.7. The number of imidazole rings is 1. The van der Waals surface area contributed by atoms with Gasteiger partial charge in [0.1, 0.15) is 28.9 Å². The van der Waals surface area contributed by atoms with Crippen molar-refractivity contribution in [3.05, 3.63) is 70.3 Å². The van der Waals surface area contributed by atoms with E-state index in [-0.39, 0.29) is 26.7 Å². The molecule has 2 aromatic carbocycles. The van der Waals surface area contributed by atoms with Crippen LogP contribution >= 0.6 is 22.9 Å². The zero-order valence-corrected chi connectivity index (χ0v) is 19.8. The SMILES string of the molecule is C[C@@H](Oc1cc(-n2cnc3ccc(OS(=O)(=O)C(F)(F)F)cc32)sc1C(=O)[O-])c1ccccc1Cl. The predicted molar refractivity (Wildman–Crippen MR) is 119 cm³/mol. The average Bonchev–Trinajstić information content (AvgIpc) is 3.36. The number of halogens is 4. The number of benzene rings is 2. The number of carboxylic acids is 1. The number of thiophene rings is 1. The van der Waals surface area contributed by atoms with Crippen LogP contribution in [-0.4, -0.2) is 29.4 Å². The average molecular weight is 546 g/mol. The maximum atomic E-state index is 12.7. The monoisotopic (exact) mass is 545 g/mol. The molecule has 0 saturated carbocycles. The highest BCUT2D eigenvalue weighted by molar-refractivity contribution is 7.88. The molecule has 184 valence electrons. The summed E-state index contributed by atoms with van der Waals surface area (Å²) >= 11 is 6.95. The summed E-state index contributed by atoms with van der Waals surface area (Å²) in [5.74, 6) is -2.13. The maximum Gasteiger partial charge on any atom is 0.534 e. The zero-order chi connectivity index (χ0) is 25.5. The van der Waals surface area contributed by atoms with Crippen LogP contribution in [0.15, 0.2) is 54.9 Å². The Morgan fingerprint density at radius 1 is 1.20 bits per heavy atom. The van der Waals surface area contributed by atoms with Gasteiger partial charge in [-0.15, -0.1) is 11.3 Å². The molecule has 0 radical (unpaired) electrons. The number of alkyl halides is 3. The Labute approximate surface area is 205 Å². The van der Waals surface area contributed by atoms with Gasteiger partial charge in [-0.3, -0.25) is 4.57 Å². The number of nitrogens with zero attached hydrogens (tertiary/aromatic N) is 2. The van der Waals surface area contributed by atoms with Crippen molar-refractivity contribution in [2.45, 2.75) is 18.5 Å². The Balaban J connectivity index is 1.72. The second-order valence-electron chi connectivity index (χ2n) is 7.10. The summed E-state index contributed by atoms with van der Waals surface area (Å²) in [6.45, 7) is 1.68. The van der Waals surface area contributed by atoms with Crippen LogP contribution in [0.1, 0.15) is 28.3 Å². The lowest BCUT2D eigenvalue weighted by atomic mass is 10.1. The third-order valence-electron chi connectivity index (χ3n) is 4.76. The Morgan fingerprint density at radius 3 is 2.57 bits per heavy atom. The molecule has 0 spiro atoms. The summed E-state index contributed by atoms with van der Waals surface area (Å²) in [5, 5.41) is 12.4. The minimum Gasteiger partial charge on any atom is -0.544 e. The van der Waals surface area contributed by atoms with Crippen LogP contribution in [0.2, 0.25) is 5.02 Å². The first kappa shape index (κ1) is 24.8. The Kier molecular flexibility index (Phi) is 6.42. The Bertz CT molecular complexity index is 1530. The highest BCUT2D eigenvalue weighted by Crippen LogP contribution is 2.37. The number of aromatic carboxylic acids is 1. The first-order valence-electron chi connectivity index (χ1n) is 9.62. The molecular weight excluding hydrogens is 533 g/mol. The second kappa shape index (κ2) is 9.06. The largest absolute Gasteiger partial charge is 0.544 e. The van der Waals surface area contributed by atoms with Crippen molar-refractivity contribution >= 4 is 50.1 Å². The van der Waals surface area contributed by atoms with Crippen molar-refractivity contribution in [1.29, 1.82) is 0 Å². The summed E-state index contributed by atoms with van der Waals surface area (Å²) in [6, 6.07) is 11.6. The van der Waals surface area contributed by atoms with Crippen LogP contribution in [-0.2, 0) is 10.1 Å². The van der Waals surface area contributed by atoms with Crippen molar-refractivity contribution < 1.29 is 40.4 Å². The van der Waals surface area contributed by atoms with Crippen molar-refractivity contribution in [3.63, 3.8) is 0 Å². The lowest BCUT2D eigenvalue weighted by molar-refractivity contribution is -0.254. The number of aromatic nitrogens is 2. The molecule has 0 N–H and O–H groups in total. The highest BCUT2D eigenvalue weighted by Gasteiger charge is 2.48. The molecule has 0 aliphatic carbocycles. The first-order chi connectivity index (χ1) is 16.4. The van der Waals surface area contributed by atoms with Gasteiger partial charge < -0.3 is 18.8 Å². The summed E-state index contributed by atoms with van der Waals surface area (Å²) in [4.78, 5) is 15.6. The van der Waals surface area contributed by atoms with Gasteiger partial charge in [-0.2, -0.15) is 21.6 Å². The Morgan fingerprint density at radius 2 is 1.91 bits per heavy atom. The Hall–Kier alpha value is -3.29. The van der Waals surface area contributed by atoms with Gasteiger partial charge in [0.05, 0.1) is 21.9 Å². The van der Waals surface area contributed by atoms with E-state index in [1.165, 1.54) is 23.0 Å². The van der Waals surface area contributed by atoms with E-state index in [0.29, 0.717) is 10.6 Å². The standard InChI is InChI=1S/C21H14ClF3N2O6S2/c1-11(13-4-2-3-5-14(13)22)32-17-9-18(34-19(17)20(28)29)27-10-26-15-7-6-12(8-16(15)27)33-35(30,31)21(23,24)25/h2-11H,1H3,(H,28,29)/p-1/t11-/m1/s1. The minimum atomic E-state index is -5.88. The van der Waals surface area contributed by atoms with Crippen LogP contribution in [0.3, 0.4) is 0 Å². The molecule has 0 aliphatic rings. The first-order valence-corrected chi connectivity index (χ1v) is 12.2. The van der Waals surface area contributed by atoms with Gasteiger partial charge in [0.2, 0.25) is 0 Å². The number of hydrogen-bond acceptors (Lipinski definition) is 8. The number of fused-ring (bicyclic) bond motifs is 1. The second-order valence-corrected chi connectivity index (χ2v) is 10.1. The van der Waals surface area contributed by atoms with E-state index in [0.717, 1.165) is 23.5 Å². The van der Waals surface area contributed by atoms with Gasteiger partial charge in [0, 0.05) is 22.7 Å². The van der Waals surface area contributed by atoms with Gasteiger partial charge >= 0.3 is 15.6 Å². The normalized spacial score (nSPS) is 13.1. The number of ether oxygens (including phenoxy) is 1. The molecule has 2 heterocycles. The number of carboxylic acid groups (broad SMARTS) is 1. The third kappa shape index (κ3) is 4.92. The fraction of sp³-hybridized carbons (Fsp3) is 0.143. The van der Waals surface area contributed by atoms with Crippen LogP contribution < -0.4 is 14.0 Å². The number of carbonyl (C=O) groups excluding carboxylic acids is 1. The smallest absolute Gasteiger partial charge is 0.534 e. The predicted octanol–water partition coefficient (Wildman–Crippen LogP) is 4.47. The van der Waals surface area contributed by atoms with E-state index in [1.807, 2.05) is 0 Å². The van der Waals surface area contributed by atoms with Crippen LogP contribution in [0.5, 0.6) is 11.5 Å². The summed E-state index contributed by atoms with van der Waals surface area (Å²) in [7, 11) is -5.88. The number of hydrogen-bond donors (Lipinski definition) is 0. The van der Waals surface area contributed by atoms with Crippen LogP contribution in [0.25, 0.3) is 16.0 Å². The molecule has 35 heavy (non-hydrogen) atoms. The van der Waals surface area contributed by atoms with Crippen molar-refractivity contribution in [2.75, 3.05) is 0 Å². The molecule has 4 rings (SSSR count). The molecule has 0 unspecified atom stereocenters. The molecular formula is C21H13ClF3N2O6S2-. The summed E-state index contributed by atoms with van der Waals surface area (Å²) < 4.78 is 72.1. The lowest BCUT2D eigenvalue weighted by Gasteiger charge is -2.16. The molecule has 0 saturated heterocycles. The van der Waals surface area contributed by atoms with Crippen molar-refractivity contribution in [2.24, 2.45) is 0 Å². The van der Waals surface area contributed by atoms with Gasteiger partial charge in [-0.05, 0) is 25.1 Å². The van der Waals surface area contributed by atoms with Crippen LogP contribution in [0.4, 0.5) is 13.2 Å². The molecule has 0 bridgehead atoms. The van der Waals surface area contributed by atoms with E-state index >= 15 is 0 Å². The van der Waals surface area contributed by atoms with Gasteiger partial charge in [0.25, 0.3) is 0 Å². The molecule has 4 aromatic rings. The highest BCUT2D eigenvalue weighted by atomic mass is 35.5. The summed E-state index contributed by atoms with van der Waals surface area (Å²) in [5.41, 5.74) is -4.54. The van der Waals surface area contributed by atoms with Crippen molar-refractivity contribution in [1.82, 2.24) is 9.55 Å². The van der Waals surface area contributed by atoms with Gasteiger partial charge in [-0.25, -0.2) is 4.98 Å². The van der Waals surface area contributed by atoms with E-state index in [9.17, 15) is 31.5 Å². The molecule has 0 aliphatic heterocycles. The van der Waals surface area contributed by atoms with Crippen LogP contribution in [0, 0.1) is 0 Å². The van der Waals surface area contributed by atoms with E-state index in [2.05, 4.69) is 9.17 Å². The number of carbonyl (C=O) groups is 1. The molecule has 0 fully saturated rings.